The summed E-state index contributed by atoms with van der Waals surface area (Å²) in [5.74, 6) is 1.09. The van der Waals surface area contributed by atoms with Crippen LogP contribution in [0.25, 0.3) is 0 Å². The first-order chi connectivity index (χ1) is 9.74. The summed E-state index contributed by atoms with van der Waals surface area (Å²) in [6.07, 6.45) is 2.98. The molecule has 2 heterocycles. The van der Waals surface area contributed by atoms with Crippen LogP contribution in [-0.4, -0.2) is 29.1 Å². The summed E-state index contributed by atoms with van der Waals surface area (Å²) in [5, 5.41) is 2.67. The van der Waals surface area contributed by atoms with E-state index in [1.807, 2.05) is 0 Å². The molecule has 7 heteroatoms. The third-order valence-corrected chi connectivity index (χ3v) is 3.08. The van der Waals surface area contributed by atoms with Crippen molar-refractivity contribution in [2.24, 2.45) is 0 Å². The fourth-order valence-corrected chi connectivity index (χ4v) is 2.02. The van der Waals surface area contributed by atoms with Crippen molar-refractivity contribution in [3.05, 3.63) is 40.8 Å². The molecular formula is C13H10BrN3O3. The summed E-state index contributed by atoms with van der Waals surface area (Å²) >= 11 is 3.18. The van der Waals surface area contributed by atoms with Crippen molar-refractivity contribution in [1.29, 1.82) is 0 Å². The Morgan fingerprint density at radius 2 is 2.05 bits per heavy atom. The maximum absolute atomic E-state index is 12.2. The molecule has 6 nitrogen and oxygen atoms in total. The Kier molecular flexibility index (Phi) is 3.51. The van der Waals surface area contributed by atoms with Crippen LogP contribution in [0.4, 0.5) is 5.82 Å². The molecule has 102 valence electrons. The Morgan fingerprint density at radius 1 is 1.20 bits per heavy atom. The lowest BCUT2D eigenvalue weighted by atomic mass is 10.1. The molecule has 1 aliphatic rings. The molecule has 1 aromatic carbocycles. The van der Waals surface area contributed by atoms with Gasteiger partial charge in [-0.25, -0.2) is 9.97 Å². The van der Waals surface area contributed by atoms with Crippen LogP contribution in [0.3, 0.4) is 0 Å². The third kappa shape index (κ3) is 2.57. The van der Waals surface area contributed by atoms with Crippen LogP contribution in [0, 0.1) is 0 Å². The number of halogens is 1. The number of carbonyl (C=O) groups excluding carboxylic acids is 1. The van der Waals surface area contributed by atoms with Crippen molar-refractivity contribution < 1.29 is 14.3 Å². The average molecular weight is 336 g/mol. The lowest BCUT2D eigenvalue weighted by Gasteiger charge is -2.20. The van der Waals surface area contributed by atoms with Crippen LogP contribution < -0.4 is 14.8 Å². The van der Waals surface area contributed by atoms with Gasteiger partial charge in [0.1, 0.15) is 17.8 Å². The predicted octanol–water partition coefficient (Wildman–Crippen LogP) is 2.26. The summed E-state index contributed by atoms with van der Waals surface area (Å²) in [5.41, 5.74) is 0.409. The van der Waals surface area contributed by atoms with Gasteiger partial charge in [-0.1, -0.05) is 6.07 Å². The first-order valence-corrected chi connectivity index (χ1v) is 6.71. The molecule has 0 fully saturated rings. The van der Waals surface area contributed by atoms with Gasteiger partial charge in [-0.15, -0.1) is 0 Å². The second-order valence-electron chi connectivity index (χ2n) is 4.01. The minimum Gasteiger partial charge on any atom is -0.486 e. The van der Waals surface area contributed by atoms with Crippen LogP contribution in [0.1, 0.15) is 10.4 Å². The van der Waals surface area contributed by atoms with Gasteiger partial charge >= 0.3 is 0 Å². The molecule has 20 heavy (non-hydrogen) atoms. The van der Waals surface area contributed by atoms with Crippen molar-refractivity contribution in [2.75, 3.05) is 18.5 Å². The van der Waals surface area contributed by atoms with Crippen molar-refractivity contribution in [1.82, 2.24) is 9.97 Å². The number of fused-ring (bicyclic) bond motifs is 1. The van der Waals surface area contributed by atoms with E-state index in [1.165, 1.54) is 12.4 Å². The number of ether oxygens (including phenoxy) is 2. The fraction of sp³-hybridized carbons (Fsp3) is 0.154. The summed E-state index contributed by atoms with van der Waals surface area (Å²) in [4.78, 5) is 20.3. The number of anilines is 1. The molecule has 0 atom stereocenters. The van der Waals surface area contributed by atoms with Crippen LogP contribution in [0.5, 0.6) is 11.5 Å². The number of aromatic nitrogens is 2. The van der Waals surface area contributed by atoms with E-state index in [4.69, 9.17) is 9.47 Å². The molecule has 2 aromatic rings. The highest BCUT2D eigenvalue weighted by Gasteiger charge is 2.20. The Morgan fingerprint density at radius 3 is 2.85 bits per heavy atom. The molecule has 1 amide bonds. The lowest BCUT2D eigenvalue weighted by Crippen LogP contribution is -2.20. The largest absolute Gasteiger partial charge is 0.486 e. The molecule has 0 spiro atoms. The van der Waals surface area contributed by atoms with E-state index >= 15 is 0 Å². The summed E-state index contributed by atoms with van der Waals surface area (Å²) in [7, 11) is 0. The zero-order valence-electron chi connectivity index (χ0n) is 10.3. The quantitative estimate of drug-likeness (QED) is 0.911. The molecule has 3 rings (SSSR count). The Bertz CT molecular complexity index is 646. The Hall–Kier alpha value is -2.15. The molecule has 1 N–H and O–H groups in total. The lowest BCUT2D eigenvalue weighted by molar-refractivity contribution is 0.101. The number of hydrogen-bond donors (Lipinski definition) is 1. The molecule has 0 unspecified atom stereocenters. The minimum absolute atomic E-state index is 0.316. The molecule has 0 aliphatic carbocycles. The monoisotopic (exact) mass is 335 g/mol. The van der Waals surface area contributed by atoms with Gasteiger partial charge in [0.05, 0.1) is 18.0 Å². The van der Waals surface area contributed by atoms with E-state index in [9.17, 15) is 4.79 Å². The van der Waals surface area contributed by atoms with E-state index in [1.54, 1.807) is 18.2 Å². The topological polar surface area (TPSA) is 73.3 Å². The van der Waals surface area contributed by atoms with Crippen molar-refractivity contribution in [3.8, 4) is 11.5 Å². The number of benzene rings is 1. The first-order valence-electron chi connectivity index (χ1n) is 5.91. The number of carbonyl (C=O) groups is 1. The molecule has 0 saturated heterocycles. The fourth-order valence-electron chi connectivity index (χ4n) is 1.81. The maximum atomic E-state index is 12.2. The Labute approximate surface area is 123 Å². The normalized spacial score (nSPS) is 12.8. The number of amides is 1. The van der Waals surface area contributed by atoms with E-state index in [0.29, 0.717) is 40.7 Å². The molecule has 1 aromatic heterocycles. The highest BCUT2D eigenvalue weighted by molar-refractivity contribution is 9.10. The van der Waals surface area contributed by atoms with Gasteiger partial charge in [0.25, 0.3) is 5.91 Å². The van der Waals surface area contributed by atoms with Gasteiger partial charge in [-0.05, 0) is 28.1 Å². The summed E-state index contributed by atoms with van der Waals surface area (Å²) < 4.78 is 11.5. The van der Waals surface area contributed by atoms with Crippen molar-refractivity contribution >= 4 is 27.7 Å². The van der Waals surface area contributed by atoms with Crippen LogP contribution in [0.2, 0.25) is 0 Å². The van der Waals surface area contributed by atoms with E-state index in [-0.39, 0.29) is 5.91 Å². The maximum Gasteiger partial charge on any atom is 0.260 e. The second kappa shape index (κ2) is 5.46. The van der Waals surface area contributed by atoms with Gasteiger partial charge < -0.3 is 14.8 Å². The zero-order chi connectivity index (χ0) is 13.9. The number of rotatable bonds is 2. The molecule has 0 saturated carbocycles. The highest BCUT2D eigenvalue weighted by atomic mass is 79.9. The summed E-state index contributed by atoms with van der Waals surface area (Å²) in [6, 6.07) is 5.19. The smallest absolute Gasteiger partial charge is 0.260 e. The van der Waals surface area contributed by atoms with E-state index in [2.05, 4.69) is 31.2 Å². The van der Waals surface area contributed by atoms with Gasteiger partial charge in [0, 0.05) is 0 Å². The number of nitrogens with one attached hydrogen (secondary N) is 1. The van der Waals surface area contributed by atoms with Gasteiger partial charge in [0.2, 0.25) is 0 Å². The number of nitrogens with zero attached hydrogens (tertiary/aromatic N) is 2. The molecule has 0 bridgehead atoms. The summed E-state index contributed by atoms with van der Waals surface area (Å²) in [6.45, 7) is 0.908. The van der Waals surface area contributed by atoms with Crippen LogP contribution in [-0.2, 0) is 0 Å². The Balaban J connectivity index is 1.85. The molecule has 1 aliphatic heterocycles. The van der Waals surface area contributed by atoms with E-state index < -0.39 is 0 Å². The second-order valence-corrected chi connectivity index (χ2v) is 4.82. The van der Waals surface area contributed by atoms with E-state index in [0.717, 1.165) is 0 Å². The number of para-hydroxylation sites is 1. The average Bonchev–Trinajstić information content (AvgIpc) is 2.49. The minimum atomic E-state index is -0.316. The number of hydrogen-bond acceptors (Lipinski definition) is 5. The van der Waals surface area contributed by atoms with Gasteiger partial charge in [-0.2, -0.15) is 0 Å². The predicted molar refractivity (Wildman–Crippen MR) is 75.1 cm³/mol. The molecule has 0 radical (unpaired) electrons. The third-order valence-electron chi connectivity index (χ3n) is 2.67. The molecular weight excluding hydrogens is 326 g/mol. The van der Waals surface area contributed by atoms with Gasteiger partial charge in [-0.3, -0.25) is 4.79 Å². The van der Waals surface area contributed by atoms with Crippen LogP contribution >= 0.6 is 15.9 Å². The van der Waals surface area contributed by atoms with Gasteiger partial charge in [0.15, 0.2) is 17.3 Å². The first kappa shape index (κ1) is 12.9. The highest BCUT2D eigenvalue weighted by Crippen LogP contribution is 2.33. The standard InChI is InChI=1S/C13H10BrN3O3/c14-10-6-16-11(7-15-10)17-13(18)8-2-1-3-9-12(8)20-5-4-19-9/h1-3,6-7H,4-5H2,(H,16,17,18). The van der Waals surface area contributed by atoms with Crippen molar-refractivity contribution in [2.45, 2.75) is 0 Å². The SMILES string of the molecule is O=C(Nc1cnc(Br)cn1)c1cccc2c1OCCO2. The van der Waals surface area contributed by atoms with Crippen LogP contribution in [0.15, 0.2) is 35.2 Å². The van der Waals surface area contributed by atoms with Crippen molar-refractivity contribution in [3.63, 3.8) is 0 Å². The zero-order valence-corrected chi connectivity index (χ0v) is 11.9.